The Morgan fingerprint density at radius 2 is 2.09 bits per heavy atom. The van der Waals surface area contributed by atoms with Crippen LogP contribution in [0.4, 0.5) is 0 Å². The number of hydrogen-bond acceptors (Lipinski definition) is 6. The molecule has 1 aromatic carbocycles. The van der Waals surface area contributed by atoms with E-state index in [0.29, 0.717) is 25.1 Å². The summed E-state index contributed by atoms with van der Waals surface area (Å²) in [5.41, 5.74) is 10.5. The van der Waals surface area contributed by atoms with Crippen LogP contribution in [0.5, 0.6) is 0 Å². The first kappa shape index (κ1) is 26.8. The van der Waals surface area contributed by atoms with Crippen LogP contribution in [0.1, 0.15) is 86.7 Å². The normalized spacial score (nSPS) is 15.7. The van der Waals surface area contributed by atoms with Crippen LogP contribution < -0.4 is 11.6 Å². The van der Waals surface area contributed by atoms with Gasteiger partial charge in [0.2, 0.25) is 0 Å². The maximum Gasteiger partial charge on any atom is 0.306 e. The zero-order chi connectivity index (χ0) is 25.2. The van der Waals surface area contributed by atoms with Gasteiger partial charge in [-0.15, -0.1) is 0 Å². The molecule has 0 bridgehead atoms. The summed E-state index contributed by atoms with van der Waals surface area (Å²) in [7, 11) is 1.74. The number of esters is 1. The van der Waals surface area contributed by atoms with E-state index in [9.17, 15) is 4.79 Å². The molecule has 0 saturated heterocycles. The SMILES string of the molecule is CCOC(=O)CC(CC/C(N)=C/N(C)N)c1ccc(C)c(Cn2ccnc2CC2CCCCC2)c1. The number of aryl methyl sites for hydroxylation is 1. The molecule has 1 saturated carbocycles. The van der Waals surface area contributed by atoms with E-state index >= 15 is 0 Å². The van der Waals surface area contributed by atoms with Gasteiger partial charge in [0.15, 0.2) is 0 Å². The Labute approximate surface area is 210 Å². The standard InChI is InChI=1S/C28H43N5O2/c1-4-35-28(34)18-24(12-13-26(29)20-32(3)30)23-11-10-21(2)25(17-23)19-33-15-14-31-27(33)16-22-8-6-5-7-9-22/h10-11,14-15,17,20,22,24H,4-9,12-13,16,18-19,29-30H2,1-3H3/b26-20-. The number of imidazole rings is 1. The Morgan fingerprint density at radius 1 is 1.31 bits per heavy atom. The van der Waals surface area contributed by atoms with E-state index in [4.69, 9.17) is 21.3 Å². The number of hydrogen-bond donors (Lipinski definition) is 2. The van der Waals surface area contributed by atoms with E-state index in [1.54, 1.807) is 13.2 Å². The Morgan fingerprint density at radius 3 is 2.80 bits per heavy atom. The number of carbonyl (C=O) groups excluding carboxylic acids is 1. The Hall–Kier alpha value is -2.80. The third kappa shape index (κ3) is 8.42. The fraction of sp³-hybridized carbons (Fsp3) is 0.571. The quantitative estimate of drug-likeness (QED) is 0.257. The Bertz CT molecular complexity index is 975. The van der Waals surface area contributed by atoms with Crippen LogP contribution in [-0.4, -0.2) is 34.2 Å². The molecule has 1 aliphatic rings. The van der Waals surface area contributed by atoms with Crippen molar-refractivity contribution in [2.24, 2.45) is 17.5 Å². The van der Waals surface area contributed by atoms with Gasteiger partial charge in [0, 0.05) is 44.3 Å². The van der Waals surface area contributed by atoms with E-state index in [1.165, 1.54) is 54.1 Å². The molecule has 1 fully saturated rings. The first-order valence-corrected chi connectivity index (χ1v) is 13.0. The molecule has 1 atom stereocenters. The van der Waals surface area contributed by atoms with Crippen LogP contribution in [-0.2, 0) is 22.5 Å². The molecule has 0 amide bonds. The van der Waals surface area contributed by atoms with E-state index < -0.39 is 0 Å². The topological polar surface area (TPSA) is 99.4 Å². The van der Waals surface area contributed by atoms with E-state index in [-0.39, 0.29) is 11.9 Å². The summed E-state index contributed by atoms with van der Waals surface area (Å²) in [4.78, 5) is 17.1. The molecule has 0 aliphatic heterocycles. The highest BCUT2D eigenvalue weighted by Gasteiger charge is 2.20. The summed E-state index contributed by atoms with van der Waals surface area (Å²) in [6.45, 7) is 5.16. The number of hydrazine groups is 1. The number of nitrogens with zero attached hydrogens (tertiary/aromatic N) is 3. The highest BCUT2D eigenvalue weighted by Crippen LogP contribution is 2.30. The molecule has 3 rings (SSSR count). The number of allylic oxidation sites excluding steroid dienone is 1. The smallest absolute Gasteiger partial charge is 0.306 e. The van der Waals surface area contributed by atoms with Gasteiger partial charge in [0.05, 0.1) is 13.0 Å². The molecule has 192 valence electrons. The van der Waals surface area contributed by atoms with E-state index in [0.717, 1.165) is 30.9 Å². The minimum absolute atomic E-state index is 0.0212. The van der Waals surface area contributed by atoms with Crippen molar-refractivity contribution in [3.8, 4) is 0 Å². The van der Waals surface area contributed by atoms with Crippen molar-refractivity contribution >= 4 is 5.97 Å². The molecule has 1 aromatic heterocycles. The molecule has 7 nitrogen and oxygen atoms in total. The molecule has 4 N–H and O–H groups in total. The summed E-state index contributed by atoms with van der Waals surface area (Å²) < 4.78 is 7.56. The van der Waals surface area contributed by atoms with Gasteiger partial charge in [-0.3, -0.25) is 4.79 Å². The van der Waals surface area contributed by atoms with Crippen molar-refractivity contribution in [1.29, 1.82) is 0 Å². The molecule has 1 unspecified atom stereocenters. The molecule has 0 spiro atoms. The molecular weight excluding hydrogens is 438 g/mol. The number of rotatable bonds is 12. The lowest BCUT2D eigenvalue weighted by atomic mass is 9.87. The predicted octanol–water partition coefficient (Wildman–Crippen LogP) is 4.79. The van der Waals surface area contributed by atoms with Crippen LogP contribution in [0.25, 0.3) is 0 Å². The first-order chi connectivity index (χ1) is 16.9. The van der Waals surface area contributed by atoms with Gasteiger partial charge in [-0.2, -0.15) is 0 Å². The minimum atomic E-state index is -0.178. The zero-order valence-electron chi connectivity index (χ0n) is 21.7. The lowest BCUT2D eigenvalue weighted by Gasteiger charge is -2.22. The maximum atomic E-state index is 12.4. The molecule has 0 radical (unpaired) electrons. The fourth-order valence-electron chi connectivity index (χ4n) is 5.10. The van der Waals surface area contributed by atoms with Crippen LogP contribution in [0.15, 0.2) is 42.5 Å². The summed E-state index contributed by atoms with van der Waals surface area (Å²) in [6.07, 6.45) is 15.2. The molecule has 2 aromatic rings. The van der Waals surface area contributed by atoms with Crippen molar-refractivity contribution in [2.45, 2.75) is 84.1 Å². The largest absolute Gasteiger partial charge is 0.466 e. The number of ether oxygens (including phenoxy) is 1. The highest BCUT2D eigenvalue weighted by atomic mass is 16.5. The average Bonchev–Trinajstić information content (AvgIpc) is 3.25. The van der Waals surface area contributed by atoms with Gasteiger partial charge >= 0.3 is 5.97 Å². The molecule has 7 heteroatoms. The highest BCUT2D eigenvalue weighted by molar-refractivity contribution is 5.70. The fourth-order valence-corrected chi connectivity index (χ4v) is 5.10. The van der Waals surface area contributed by atoms with Crippen molar-refractivity contribution in [1.82, 2.24) is 14.6 Å². The number of carbonyl (C=O) groups is 1. The average molecular weight is 482 g/mol. The van der Waals surface area contributed by atoms with Crippen LogP contribution in [0, 0.1) is 12.8 Å². The van der Waals surface area contributed by atoms with Crippen molar-refractivity contribution in [2.75, 3.05) is 13.7 Å². The van der Waals surface area contributed by atoms with E-state index in [1.807, 2.05) is 13.1 Å². The third-order valence-electron chi connectivity index (χ3n) is 7.05. The molecule has 1 aliphatic carbocycles. The second kappa shape index (κ2) is 13.3. The second-order valence-electron chi connectivity index (χ2n) is 9.98. The lowest BCUT2D eigenvalue weighted by Crippen LogP contribution is -2.21. The van der Waals surface area contributed by atoms with Crippen molar-refractivity contribution < 1.29 is 9.53 Å². The summed E-state index contributed by atoms with van der Waals surface area (Å²) >= 11 is 0. The summed E-state index contributed by atoms with van der Waals surface area (Å²) in [6, 6.07) is 6.54. The second-order valence-corrected chi connectivity index (χ2v) is 9.98. The van der Waals surface area contributed by atoms with Gasteiger partial charge in [-0.05, 0) is 55.2 Å². The molecule has 35 heavy (non-hydrogen) atoms. The van der Waals surface area contributed by atoms with Crippen molar-refractivity contribution in [3.63, 3.8) is 0 Å². The summed E-state index contributed by atoms with van der Waals surface area (Å²) in [5, 5.41) is 1.45. The zero-order valence-corrected chi connectivity index (χ0v) is 21.7. The van der Waals surface area contributed by atoms with Gasteiger partial charge in [0.1, 0.15) is 5.82 Å². The monoisotopic (exact) mass is 481 g/mol. The van der Waals surface area contributed by atoms with Gasteiger partial charge in [-0.25, -0.2) is 10.8 Å². The van der Waals surface area contributed by atoms with Gasteiger partial charge in [0.25, 0.3) is 0 Å². The van der Waals surface area contributed by atoms with Crippen LogP contribution in [0.2, 0.25) is 0 Å². The van der Waals surface area contributed by atoms with E-state index in [2.05, 4.69) is 35.9 Å². The number of nitrogens with two attached hydrogens (primary N) is 2. The Balaban J connectivity index is 1.78. The molecular formula is C28H43N5O2. The van der Waals surface area contributed by atoms with Gasteiger partial charge < -0.3 is 20.0 Å². The lowest BCUT2D eigenvalue weighted by molar-refractivity contribution is -0.143. The van der Waals surface area contributed by atoms with Crippen molar-refractivity contribution in [3.05, 3.63) is 65.0 Å². The van der Waals surface area contributed by atoms with Crippen LogP contribution in [0.3, 0.4) is 0 Å². The van der Waals surface area contributed by atoms with Gasteiger partial charge in [-0.1, -0.05) is 50.3 Å². The Kier molecular flexibility index (Phi) is 10.2. The number of aromatic nitrogens is 2. The minimum Gasteiger partial charge on any atom is -0.466 e. The number of benzene rings is 1. The first-order valence-electron chi connectivity index (χ1n) is 13.0. The molecule has 1 heterocycles. The summed E-state index contributed by atoms with van der Waals surface area (Å²) in [5.74, 6) is 7.46. The van der Waals surface area contributed by atoms with Crippen LogP contribution >= 0.6 is 0 Å². The third-order valence-corrected chi connectivity index (χ3v) is 7.05. The predicted molar refractivity (Wildman–Crippen MR) is 140 cm³/mol. The maximum absolute atomic E-state index is 12.4.